The van der Waals surface area contributed by atoms with Gasteiger partial charge in [0.25, 0.3) is 0 Å². The Morgan fingerprint density at radius 3 is 2.08 bits per heavy atom. The third-order valence-corrected chi connectivity index (χ3v) is 18.5. The Kier molecular flexibility index (Phi) is 16.3. The number of carbonyl (C=O) groups excluding carboxylic acids is 1. The quantitative estimate of drug-likeness (QED) is 0.0714. The maximum atomic E-state index is 13.7. The van der Waals surface area contributed by atoms with Gasteiger partial charge < -0.3 is 4.74 Å². The van der Waals surface area contributed by atoms with E-state index in [1.54, 1.807) is 13.4 Å². The molecule has 0 unspecified atom stereocenters. The zero-order valence-corrected chi connectivity index (χ0v) is 39.5. The van der Waals surface area contributed by atoms with Crippen molar-refractivity contribution in [2.75, 3.05) is 20.3 Å². The summed E-state index contributed by atoms with van der Waals surface area (Å²) in [4.78, 5) is 13.7. The molecule has 0 spiro atoms. The molecule has 332 valence electrons. The average molecular weight is 930 g/mol. The van der Waals surface area contributed by atoms with E-state index in [1.165, 1.54) is 0 Å². The normalized spacial score (nSPS) is 26.8. The summed E-state index contributed by atoms with van der Waals surface area (Å²) in [5.41, 5.74) is 3.05. The number of carbonyl (C=O) groups is 1. The molecule has 0 bridgehead atoms. The summed E-state index contributed by atoms with van der Waals surface area (Å²) in [6.07, 6.45) is 1.48. The number of ether oxygens (including phenoxy) is 8. The first kappa shape index (κ1) is 46.3. The molecule has 0 amide bonds. The zero-order chi connectivity index (χ0) is 43.5. The summed E-state index contributed by atoms with van der Waals surface area (Å²) >= 11 is -0.373. The fraction of sp³-hybridized carbons (Fsp3) is 0.460. The molecule has 3 saturated heterocycles. The third kappa shape index (κ3) is 12.8. The SMILES string of the molecule is COc1ccc([C@@H]2OC[C@H]3O[C@@H](/C=C\O[C@H]4C[C@@H](OCc5ccccc5)[C@H](COCc5ccccc5)O[C@@H]4CC(=O)[Se]c4ccccc4)[C@H](O[Si](C)(C)C(C)(C)C)C[C@@H]3O2)cc1. The number of methoxy groups -OCH3 is 1. The van der Waals surface area contributed by atoms with Crippen LogP contribution in [0, 0.1) is 0 Å². The van der Waals surface area contributed by atoms with E-state index in [-0.39, 0.29) is 55.5 Å². The zero-order valence-electron chi connectivity index (χ0n) is 36.8. The Bertz CT molecular complexity index is 2000. The van der Waals surface area contributed by atoms with Crippen LogP contribution in [0.1, 0.15) is 63.0 Å². The first-order valence-electron chi connectivity index (χ1n) is 21.7. The Morgan fingerprint density at radius 1 is 0.758 bits per heavy atom. The van der Waals surface area contributed by atoms with Gasteiger partial charge in [0.15, 0.2) is 6.29 Å². The van der Waals surface area contributed by atoms with Crippen molar-refractivity contribution < 1.29 is 47.1 Å². The predicted octanol–water partition coefficient (Wildman–Crippen LogP) is 8.46. The van der Waals surface area contributed by atoms with Gasteiger partial charge in [-0.2, -0.15) is 0 Å². The van der Waals surface area contributed by atoms with Gasteiger partial charge in [0.2, 0.25) is 0 Å². The number of hydrogen-bond donors (Lipinski definition) is 0. The van der Waals surface area contributed by atoms with Crippen molar-refractivity contribution in [2.24, 2.45) is 0 Å². The van der Waals surface area contributed by atoms with E-state index in [9.17, 15) is 4.79 Å². The van der Waals surface area contributed by atoms with E-state index >= 15 is 0 Å². The Hall–Kier alpha value is -3.65. The van der Waals surface area contributed by atoms with E-state index < -0.39 is 39.0 Å². The Labute approximate surface area is 374 Å². The van der Waals surface area contributed by atoms with Gasteiger partial charge in [0, 0.05) is 5.56 Å². The summed E-state index contributed by atoms with van der Waals surface area (Å²) < 4.78 is 59.5. The van der Waals surface area contributed by atoms with Gasteiger partial charge >= 0.3 is 302 Å². The van der Waals surface area contributed by atoms with E-state index in [1.807, 2.05) is 121 Å². The first-order valence-corrected chi connectivity index (χ1v) is 26.3. The number of fused-ring (bicyclic) bond motifs is 1. The second-order valence-electron chi connectivity index (χ2n) is 17.7. The van der Waals surface area contributed by atoms with Crippen molar-refractivity contribution >= 4 is 32.4 Å². The summed E-state index contributed by atoms with van der Waals surface area (Å²) in [6, 6.07) is 37.8. The van der Waals surface area contributed by atoms with Crippen LogP contribution < -0.4 is 9.20 Å². The first-order chi connectivity index (χ1) is 29.9. The molecule has 4 aromatic rings. The van der Waals surface area contributed by atoms with Crippen molar-refractivity contribution in [3.8, 4) is 5.75 Å². The fourth-order valence-electron chi connectivity index (χ4n) is 7.61. The molecule has 3 heterocycles. The van der Waals surface area contributed by atoms with Crippen LogP contribution in [0.4, 0.5) is 0 Å². The summed E-state index contributed by atoms with van der Waals surface area (Å²) in [6.45, 7) is 12.8. The van der Waals surface area contributed by atoms with Crippen LogP contribution in [0.2, 0.25) is 18.1 Å². The maximum absolute atomic E-state index is 13.7. The van der Waals surface area contributed by atoms with Crippen molar-refractivity contribution in [2.45, 2.75) is 127 Å². The van der Waals surface area contributed by atoms with Crippen LogP contribution in [-0.2, 0) is 55.6 Å². The standard InChI is InChI=1S/C50H62O10SeSi/c1-50(2,3)62(5,6)60-45-29-43-47(34-56-49(59-43)37-22-24-38(52-4)25-23-37)57-40(45)26-27-54-41-28-42(55-32-36-18-12-8-13-19-36)46(33-53-31-35-16-10-7-11-17-35)58-44(41)30-48(51)61-39-20-14-9-15-21-39/h7-27,40-47,49H,28-34H2,1-6H3/b27-26-/t40-,41-,42+,43-,44+,45+,46-,47+,49+/m0/s1. The van der Waals surface area contributed by atoms with E-state index in [0.717, 1.165) is 26.9 Å². The topological polar surface area (TPSA) is 100 Å². The summed E-state index contributed by atoms with van der Waals surface area (Å²) in [5, 5.41) is -0.0205. The molecule has 9 atom stereocenters. The number of benzene rings is 4. The smallest absolute Gasteiger partial charge is 0.0503 e. The minimum Gasteiger partial charge on any atom is -0.0503 e. The Balaban J connectivity index is 1.09. The van der Waals surface area contributed by atoms with Crippen molar-refractivity contribution in [1.29, 1.82) is 0 Å². The van der Waals surface area contributed by atoms with Crippen LogP contribution in [0.25, 0.3) is 0 Å². The molecule has 0 aliphatic carbocycles. The average Bonchev–Trinajstić information content (AvgIpc) is 3.27. The molecular formula is C50H62O10SeSi. The molecule has 0 aromatic heterocycles. The van der Waals surface area contributed by atoms with E-state index in [2.05, 4.69) is 33.9 Å². The molecule has 0 radical (unpaired) electrons. The molecule has 62 heavy (non-hydrogen) atoms. The van der Waals surface area contributed by atoms with Crippen molar-refractivity contribution in [1.82, 2.24) is 0 Å². The van der Waals surface area contributed by atoms with Gasteiger partial charge in [0.1, 0.15) is 5.75 Å². The number of rotatable bonds is 18. The molecule has 7 rings (SSSR count). The molecule has 3 fully saturated rings. The van der Waals surface area contributed by atoms with Crippen LogP contribution in [0.3, 0.4) is 0 Å². The van der Waals surface area contributed by atoms with Crippen LogP contribution >= 0.6 is 0 Å². The molecule has 0 saturated carbocycles. The predicted molar refractivity (Wildman–Crippen MR) is 242 cm³/mol. The van der Waals surface area contributed by atoms with Crippen LogP contribution in [-0.4, -0.2) is 97.1 Å². The second-order valence-corrected chi connectivity index (χ2v) is 24.8. The Morgan fingerprint density at radius 2 is 1.42 bits per heavy atom. The van der Waals surface area contributed by atoms with Gasteiger partial charge in [0.05, 0.1) is 7.11 Å². The second kappa shape index (κ2) is 21.8. The monoisotopic (exact) mass is 930 g/mol. The molecule has 3 aliphatic rings. The van der Waals surface area contributed by atoms with Gasteiger partial charge in [-0.1, -0.05) is 32.9 Å². The van der Waals surface area contributed by atoms with Crippen LogP contribution in [0.15, 0.2) is 128 Å². The third-order valence-electron chi connectivity index (χ3n) is 12.1. The van der Waals surface area contributed by atoms with Gasteiger partial charge in [-0.25, -0.2) is 0 Å². The van der Waals surface area contributed by atoms with Crippen LogP contribution in [0.5, 0.6) is 5.75 Å². The number of hydrogen-bond acceptors (Lipinski definition) is 10. The van der Waals surface area contributed by atoms with Gasteiger partial charge in [-0.3, -0.25) is 0 Å². The van der Waals surface area contributed by atoms with Gasteiger partial charge in [-0.05, 0) is 12.1 Å². The van der Waals surface area contributed by atoms with Crippen molar-refractivity contribution in [3.63, 3.8) is 0 Å². The van der Waals surface area contributed by atoms with E-state index in [0.29, 0.717) is 39.3 Å². The molecule has 0 N–H and O–H groups in total. The van der Waals surface area contributed by atoms with Gasteiger partial charge in [-0.15, -0.1) is 0 Å². The molecular weight excluding hydrogens is 868 g/mol. The van der Waals surface area contributed by atoms with Crippen molar-refractivity contribution in [3.05, 3.63) is 144 Å². The van der Waals surface area contributed by atoms with E-state index in [4.69, 9.17) is 42.3 Å². The summed E-state index contributed by atoms with van der Waals surface area (Å²) in [7, 11) is -0.590. The summed E-state index contributed by atoms with van der Waals surface area (Å²) in [5.74, 6) is 0.775. The fourth-order valence-corrected chi connectivity index (χ4v) is 10.6. The molecule has 4 aromatic carbocycles. The molecule has 3 aliphatic heterocycles. The minimum absolute atomic E-state index is 0.0205. The minimum atomic E-state index is -2.24. The molecule has 10 nitrogen and oxygen atoms in total. The molecule has 12 heteroatoms.